The zero-order chi connectivity index (χ0) is 4.41. The minimum atomic E-state index is 0.213. The Morgan fingerprint density at radius 2 is 2.67 bits per heavy atom. The second-order valence-corrected chi connectivity index (χ2v) is 1.42. The first-order valence-corrected chi connectivity index (χ1v) is 2.00. The normalized spacial score (nSPS) is 34.5. The van der Waals surface area contributed by atoms with Crippen LogP contribution < -0.4 is 11.2 Å². The zero-order valence-electron chi connectivity index (χ0n) is 3.48. The molecule has 3 nitrogen and oxygen atoms in total. The van der Waals surface area contributed by atoms with E-state index in [1.165, 1.54) is 0 Å². The molecule has 1 saturated heterocycles. The van der Waals surface area contributed by atoms with E-state index in [0.717, 1.165) is 6.54 Å². The van der Waals surface area contributed by atoms with Crippen molar-refractivity contribution in [2.45, 2.75) is 6.04 Å². The molecular formula is C3H8N2O. The van der Waals surface area contributed by atoms with Crippen molar-refractivity contribution in [3.05, 3.63) is 0 Å². The van der Waals surface area contributed by atoms with Crippen LogP contribution in [-0.2, 0) is 4.84 Å². The van der Waals surface area contributed by atoms with Gasteiger partial charge in [-0.25, -0.2) is 5.48 Å². The van der Waals surface area contributed by atoms with Crippen LogP contribution in [0.25, 0.3) is 0 Å². The monoisotopic (exact) mass is 88.1 g/mol. The molecule has 0 aromatic carbocycles. The zero-order valence-corrected chi connectivity index (χ0v) is 3.48. The van der Waals surface area contributed by atoms with Gasteiger partial charge in [0, 0.05) is 12.6 Å². The average molecular weight is 88.1 g/mol. The van der Waals surface area contributed by atoms with Crippen molar-refractivity contribution in [2.24, 2.45) is 5.73 Å². The smallest absolute Gasteiger partial charge is 0.0846 e. The highest BCUT2D eigenvalue weighted by Crippen LogP contribution is 1.83. The van der Waals surface area contributed by atoms with Crippen LogP contribution in [0, 0.1) is 0 Å². The molecule has 1 aliphatic heterocycles. The Kier molecular flexibility index (Phi) is 1.05. The molecule has 36 valence electrons. The standard InChI is InChI=1S/C3H8N2O/c4-3-1-5-6-2-3/h3,5H,1-2,4H2/t3-/m0/s1. The average Bonchev–Trinajstić information content (AvgIpc) is 1.86. The predicted molar refractivity (Wildman–Crippen MR) is 21.9 cm³/mol. The van der Waals surface area contributed by atoms with Crippen molar-refractivity contribution >= 4 is 0 Å². The number of nitrogens with two attached hydrogens (primary N) is 1. The van der Waals surface area contributed by atoms with Crippen LogP contribution in [0.1, 0.15) is 0 Å². The molecule has 1 rings (SSSR count). The molecule has 0 amide bonds. The Bertz CT molecular complexity index is 42.1. The van der Waals surface area contributed by atoms with Gasteiger partial charge in [0.2, 0.25) is 0 Å². The molecule has 6 heavy (non-hydrogen) atoms. The van der Waals surface area contributed by atoms with E-state index in [-0.39, 0.29) is 6.04 Å². The molecule has 3 heteroatoms. The van der Waals surface area contributed by atoms with Crippen molar-refractivity contribution < 1.29 is 4.84 Å². The van der Waals surface area contributed by atoms with E-state index < -0.39 is 0 Å². The lowest BCUT2D eigenvalue weighted by atomic mass is 10.4. The fourth-order valence-corrected chi connectivity index (χ4v) is 0.391. The van der Waals surface area contributed by atoms with Gasteiger partial charge in [-0.2, -0.15) is 0 Å². The van der Waals surface area contributed by atoms with E-state index in [1.807, 2.05) is 0 Å². The Morgan fingerprint density at radius 1 is 1.83 bits per heavy atom. The SMILES string of the molecule is N[C@H]1CNOC1. The van der Waals surface area contributed by atoms with Crippen LogP contribution in [0.4, 0.5) is 0 Å². The lowest BCUT2D eigenvalue weighted by molar-refractivity contribution is 0.101. The van der Waals surface area contributed by atoms with Crippen molar-refractivity contribution in [3.8, 4) is 0 Å². The molecule has 0 unspecified atom stereocenters. The summed E-state index contributed by atoms with van der Waals surface area (Å²) in [5, 5.41) is 0. The summed E-state index contributed by atoms with van der Waals surface area (Å²) in [5.41, 5.74) is 7.99. The lowest BCUT2D eigenvalue weighted by Gasteiger charge is -1.88. The van der Waals surface area contributed by atoms with Gasteiger partial charge in [0.05, 0.1) is 6.61 Å². The maximum Gasteiger partial charge on any atom is 0.0846 e. The van der Waals surface area contributed by atoms with Gasteiger partial charge in [0.1, 0.15) is 0 Å². The maximum absolute atomic E-state index is 5.35. The van der Waals surface area contributed by atoms with Gasteiger partial charge in [-0.1, -0.05) is 0 Å². The van der Waals surface area contributed by atoms with E-state index in [2.05, 4.69) is 10.3 Å². The van der Waals surface area contributed by atoms with Gasteiger partial charge >= 0.3 is 0 Å². The van der Waals surface area contributed by atoms with Crippen LogP contribution in [0.15, 0.2) is 0 Å². The molecule has 0 spiro atoms. The molecule has 1 fully saturated rings. The van der Waals surface area contributed by atoms with E-state index >= 15 is 0 Å². The number of rotatable bonds is 0. The molecular weight excluding hydrogens is 80.0 g/mol. The number of hydrogen-bond acceptors (Lipinski definition) is 3. The Labute approximate surface area is 36.4 Å². The fraction of sp³-hybridized carbons (Fsp3) is 1.00. The highest BCUT2D eigenvalue weighted by Gasteiger charge is 2.07. The largest absolute Gasteiger partial charge is 0.325 e. The van der Waals surface area contributed by atoms with Gasteiger partial charge in [-0.05, 0) is 0 Å². The fourth-order valence-electron chi connectivity index (χ4n) is 0.391. The molecule has 0 bridgehead atoms. The van der Waals surface area contributed by atoms with Crippen LogP contribution in [0.2, 0.25) is 0 Å². The molecule has 0 aliphatic carbocycles. The first-order valence-electron chi connectivity index (χ1n) is 2.00. The summed E-state index contributed by atoms with van der Waals surface area (Å²) in [6.07, 6.45) is 0. The lowest BCUT2D eigenvalue weighted by Crippen LogP contribution is -2.24. The third-order valence-corrected chi connectivity index (χ3v) is 0.745. The summed E-state index contributed by atoms with van der Waals surface area (Å²) in [7, 11) is 0. The van der Waals surface area contributed by atoms with Crippen molar-refractivity contribution in [3.63, 3.8) is 0 Å². The van der Waals surface area contributed by atoms with Gasteiger partial charge in [-0.15, -0.1) is 0 Å². The topological polar surface area (TPSA) is 47.3 Å². The highest BCUT2D eigenvalue weighted by atomic mass is 16.7. The highest BCUT2D eigenvalue weighted by molar-refractivity contribution is 4.63. The van der Waals surface area contributed by atoms with Gasteiger partial charge < -0.3 is 10.6 Å². The Balaban J connectivity index is 2.18. The van der Waals surface area contributed by atoms with Crippen LogP contribution in [0.5, 0.6) is 0 Å². The Morgan fingerprint density at radius 3 is 2.83 bits per heavy atom. The second-order valence-electron chi connectivity index (χ2n) is 1.42. The second kappa shape index (κ2) is 1.55. The maximum atomic E-state index is 5.35. The van der Waals surface area contributed by atoms with Crippen molar-refractivity contribution in [2.75, 3.05) is 13.2 Å². The van der Waals surface area contributed by atoms with Gasteiger partial charge in [0.25, 0.3) is 0 Å². The van der Waals surface area contributed by atoms with Crippen molar-refractivity contribution in [1.29, 1.82) is 0 Å². The van der Waals surface area contributed by atoms with Gasteiger partial charge in [-0.3, -0.25) is 0 Å². The summed E-state index contributed by atoms with van der Waals surface area (Å²) < 4.78 is 0. The first-order chi connectivity index (χ1) is 2.89. The third kappa shape index (κ3) is 0.680. The third-order valence-electron chi connectivity index (χ3n) is 0.745. The molecule has 3 N–H and O–H groups in total. The van der Waals surface area contributed by atoms with Crippen LogP contribution in [-0.4, -0.2) is 19.2 Å². The quantitative estimate of drug-likeness (QED) is 0.393. The minimum absolute atomic E-state index is 0.213. The molecule has 0 saturated carbocycles. The first kappa shape index (κ1) is 4.05. The van der Waals surface area contributed by atoms with Crippen LogP contribution in [0.3, 0.4) is 0 Å². The molecule has 1 aliphatic rings. The predicted octanol–water partition coefficient (Wildman–Crippen LogP) is -1.15. The Hall–Kier alpha value is -0.120. The van der Waals surface area contributed by atoms with E-state index in [0.29, 0.717) is 6.61 Å². The summed E-state index contributed by atoms with van der Waals surface area (Å²) in [4.78, 5) is 4.68. The molecule has 0 aromatic heterocycles. The van der Waals surface area contributed by atoms with Gasteiger partial charge in [0.15, 0.2) is 0 Å². The minimum Gasteiger partial charge on any atom is -0.325 e. The summed E-state index contributed by atoms with van der Waals surface area (Å²) >= 11 is 0. The molecule has 0 radical (unpaired) electrons. The van der Waals surface area contributed by atoms with E-state index in [4.69, 9.17) is 5.73 Å². The molecule has 1 atom stereocenters. The number of hydroxylamine groups is 1. The summed E-state index contributed by atoms with van der Waals surface area (Å²) in [5.74, 6) is 0. The van der Waals surface area contributed by atoms with E-state index in [9.17, 15) is 0 Å². The number of hydrogen-bond donors (Lipinski definition) is 2. The van der Waals surface area contributed by atoms with E-state index in [1.54, 1.807) is 0 Å². The van der Waals surface area contributed by atoms with Crippen molar-refractivity contribution in [1.82, 2.24) is 5.48 Å². The molecule has 1 heterocycles. The van der Waals surface area contributed by atoms with Crippen LogP contribution >= 0.6 is 0 Å². The summed E-state index contributed by atoms with van der Waals surface area (Å²) in [6, 6.07) is 0.213. The molecule has 0 aromatic rings. The number of nitrogens with one attached hydrogen (secondary N) is 1. The summed E-state index contributed by atoms with van der Waals surface area (Å²) in [6.45, 7) is 1.44.